The molecule has 6 nitrogen and oxygen atoms in total. The van der Waals surface area contributed by atoms with Crippen molar-refractivity contribution in [3.05, 3.63) is 35.5 Å². The zero-order chi connectivity index (χ0) is 15.1. The lowest BCUT2D eigenvalue weighted by Crippen LogP contribution is -2.08. The zero-order valence-electron chi connectivity index (χ0n) is 12.7. The SMILES string of the molecule is CCCOc1ccc(CNC)c(OCc2noc(C)n2)c1. The van der Waals surface area contributed by atoms with Crippen molar-refractivity contribution in [1.82, 2.24) is 15.5 Å². The van der Waals surface area contributed by atoms with Gasteiger partial charge in [-0.1, -0.05) is 18.1 Å². The lowest BCUT2D eigenvalue weighted by atomic mass is 10.2. The summed E-state index contributed by atoms with van der Waals surface area (Å²) >= 11 is 0. The average molecular weight is 291 g/mol. The Kier molecular flexibility index (Phi) is 5.57. The summed E-state index contributed by atoms with van der Waals surface area (Å²) in [6, 6.07) is 5.85. The molecule has 1 aromatic heterocycles. The molecule has 1 N–H and O–H groups in total. The van der Waals surface area contributed by atoms with Crippen LogP contribution in [0.3, 0.4) is 0 Å². The Labute approximate surface area is 124 Å². The van der Waals surface area contributed by atoms with Crippen molar-refractivity contribution in [2.45, 2.75) is 33.4 Å². The van der Waals surface area contributed by atoms with Gasteiger partial charge in [-0.05, 0) is 19.5 Å². The van der Waals surface area contributed by atoms with E-state index in [4.69, 9.17) is 14.0 Å². The fourth-order valence-electron chi connectivity index (χ4n) is 1.86. The van der Waals surface area contributed by atoms with Crippen LogP contribution in [0.4, 0.5) is 0 Å². The maximum absolute atomic E-state index is 5.80. The van der Waals surface area contributed by atoms with Gasteiger partial charge in [-0.2, -0.15) is 4.98 Å². The summed E-state index contributed by atoms with van der Waals surface area (Å²) in [5.41, 5.74) is 1.06. The number of benzene rings is 1. The summed E-state index contributed by atoms with van der Waals surface area (Å²) in [4.78, 5) is 4.12. The summed E-state index contributed by atoms with van der Waals surface area (Å²) in [5, 5.41) is 6.94. The molecule has 0 unspecified atom stereocenters. The van der Waals surface area contributed by atoms with E-state index in [1.54, 1.807) is 6.92 Å². The lowest BCUT2D eigenvalue weighted by Gasteiger charge is -2.12. The summed E-state index contributed by atoms with van der Waals surface area (Å²) in [6.45, 7) is 5.50. The highest BCUT2D eigenvalue weighted by atomic mass is 16.5. The molecule has 0 aliphatic carbocycles. The van der Waals surface area contributed by atoms with E-state index in [1.165, 1.54) is 0 Å². The Morgan fingerprint density at radius 3 is 2.81 bits per heavy atom. The normalized spacial score (nSPS) is 10.6. The molecule has 0 saturated heterocycles. The van der Waals surface area contributed by atoms with Crippen LogP contribution in [0.15, 0.2) is 22.7 Å². The van der Waals surface area contributed by atoms with Crippen molar-refractivity contribution < 1.29 is 14.0 Å². The van der Waals surface area contributed by atoms with Crippen LogP contribution in [0.1, 0.15) is 30.6 Å². The minimum Gasteiger partial charge on any atom is -0.493 e. The van der Waals surface area contributed by atoms with Crippen LogP contribution < -0.4 is 14.8 Å². The lowest BCUT2D eigenvalue weighted by molar-refractivity contribution is 0.277. The summed E-state index contributed by atoms with van der Waals surface area (Å²) in [6.07, 6.45) is 0.969. The molecular weight excluding hydrogens is 270 g/mol. The van der Waals surface area contributed by atoms with Crippen molar-refractivity contribution >= 4 is 0 Å². The molecule has 1 heterocycles. The topological polar surface area (TPSA) is 69.4 Å². The molecule has 114 valence electrons. The second-order valence-electron chi connectivity index (χ2n) is 4.67. The molecule has 0 bridgehead atoms. The number of ether oxygens (including phenoxy) is 2. The van der Waals surface area contributed by atoms with Crippen molar-refractivity contribution in [2.24, 2.45) is 0 Å². The molecule has 2 rings (SSSR count). The van der Waals surface area contributed by atoms with Gasteiger partial charge in [0.25, 0.3) is 0 Å². The van der Waals surface area contributed by atoms with E-state index < -0.39 is 0 Å². The van der Waals surface area contributed by atoms with Crippen molar-refractivity contribution in [1.29, 1.82) is 0 Å². The van der Waals surface area contributed by atoms with Gasteiger partial charge in [0.1, 0.15) is 11.5 Å². The summed E-state index contributed by atoms with van der Waals surface area (Å²) in [5.74, 6) is 2.63. The van der Waals surface area contributed by atoms with Gasteiger partial charge in [0.2, 0.25) is 11.7 Å². The van der Waals surface area contributed by atoms with Crippen molar-refractivity contribution in [3.63, 3.8) is 0 Å². The van der Waals surface area contributed by atoms with Crippen LogP contribution in [0, 0.1) is 6.92 Å². The number of rotatable bonds is 8. The third kappa shape index (κ3) is 4.46. The molecule has 0 radical (unpaired) electrons. The number of aromatic nitrogens is 2. The first-order valence-electron chi connectivity index (χ1n) is 7.05. The van der Waals surface area contributed by atoms with E-state index in [0.29, 0.717) is 24.9 Å². The Balaban J connectivity index is 2.09. The minimum atomic E-state index is 0.269. The third-order valence-electron chi connectivity index (χ3n) is 2.81. The molecule has 0 atom stereocenters. The fraction of sp³-hybridized carbons (Fsp3) is 0.467. The first-order valence-corrected chi connectivity index (χ1v) is 7.05. The maximum atomic E-state index is 5.80. The molecule has 1 aromatic carbocycles. The standard InChI is InChI=1S/C15H21N3O3/c1-4-7-19-13-6-5-12(9-16-3)14(8-13)20-10-15-17-11(2)21-18-15/h5-6,8,16H,4,7,9-10H2,1-3H3. The molecule has 0 amide bonds. The molecular formula is C15H21N3O3. The van der Waals surface area contributed by atoms with Gasteiger partial charge in [0.05, 0.1) is 6.61 Å². The van der Waals surface area contributed by atoms with Gasteiger partial charge in [0.15, 0.2) is 6.61 Å². The van der Waals surface area contributed by atoms with E-state index in [2.05, 4.69) is 22.4 Å². The highest BCUT2D eigenvalue weighted by molar-refractivity contribution is 5.40. The van der Waals surface area contributed by atoms with Crippen molar-refractivity contribution in [3.8, 4) is 11.5 Å². The molecule has 6 heteroatoms. The van der Waals surface area contributed by atoms with Crippen LogP contribution in [0.25, 0.3) is 0 Å². The van der Waals surface area contributed by atoms with E-state index in [9.17, 15) is 0 Å². The summed E-state index contributed by atoms with van der Waals surface area (Å²) < 4.78 is 16.4. The smallest absolute Gasteiger partial charge is 0.223 e. The van der Waals surface area contributed by atoms with Crippen LogP contribution in [-0.4, -0.2) is 23.8 Å². The molecule has 21 heavy (non-hydrogen) atoms. The van der Waals surface area contributed by atoms with Crippen LogP contribution in [-0.2, 0) is 13.2 Å². The predicted molar refractivity (Wildman–Crippen MR) is 78.4 cm³/mol. The molecule has 2 aromatic rings. The molecule has 0 saturated carbocycles. The van der Waals surface area contributed by atoms with Crippen LogP contribution >= 0.6 is 0 Å². The van der Waals surface area contributed by atoms with Crippen LogP contribution in [0.2, 0.25) is 0 Å². The van der Waals surface area contributed by atoms with E-state index in [1.807, 2.05) is 25.2 Å². The maximum Gasteiger partial charge on any atom is 0.223 e. The second-order valence-corrected chi connectivity index (χ2v) is 4.67. The van der Waals surface area contributed by atoms with Crippen molar-refractivity contribution in [2.75, 3.05) is 13.7 Å². The average Bonchev–Trinajstić information content (AvgIpc) is 2.90. The predicted octanol–water partition coefficient (Wildman–Crippen LogP) is 2.47. The first kappa shape index (κ1) is 15.3. The highest BCUT2D eigenvalue weighted by Crippen LogP contribution is 2.26. The largest absolute Gasteiger partial charge is 0.493 e. The Morgan fingerprint density at radius 2 is 2.14 bits per heavy atom. The van der Waals surface area contributed by atoms with Gasteiger partial charge in [-0.25, -0.2) is 0 Å². The van der Waals surface area contributed by atoms with Crippen LogP contribution in [0.5, 0.6) is 11.5 Å². The Hall–Kier alpha value is -2.08. The Morgan fingerprint density at radius 1 is 1.29 bits per heavy atom. The van der Waals surface area contributed by atoms with Gasteiger partial charge in [-0.3, -0.25) is 0 Å². The second kappa shape index (κ2) is 7.64. The van der Waals surface area contributed by atoms with E-state index >= 15 is 0 Å². The molecule has 0 aliphatic rings. The first-order chi connectivity index (χ1) is 10.2. The quantitative estimate of drug-likeness (QED) is 0.805. The van der Waals surface area contributed by atoms with E-state index in [0.717, 1.165) is 23.5 Å². The number of hydrogen-bond acceptors (Lipinski definition) is 6. The van der Waals surface area contributed by atoms with Gasteiger partial charge in [0, 0.05) is 25.1 Å². The highest BCUT2D eigenvalue weighted by Gasteiger charge is 2.08. The van der Waals surface area contributed by atoms with Gasteiger partial charge >= 0.3 is 0 Å². The molecule has 0 fully saturated rings. The number of hydrogen-bond donors (Lipinski definition) is 1. The minimum absolute atomic E-state index is 0.269. The third-order valence-corrected chi connectivity index (χ3v) is 2.81. The Bertz CT molecular complexity index is 569. The van der Waals surface area contributed by atoms with Gasteiger partial charge < -0.3 is 19.3 Å². The molecule has 0 aliphatic heterocycles. The number of nitrogens with one attached hydrogen (secondary N) is 1. The monoisotopic (exact) mass is 291 g/mol. The summed E-state index contributed by atoms with van der Waals surface area (Å²) in [7, 11) is 1.90. The number of nitrogens with zero attached hydrogens (tertiary/aromatic N) is 2. The van der Waals surface area contributed by atoms with E-state index in [-0.39, 0.29) is 6.61 Å². The number of aryl methyl sites for hydroxylation is 1. The zero-order valence-corrected chi connectivity index (χ0v) is 12.7. The molecule has 0 spiro atoms. The fourth-order valence-corrected chi connectivity index (χ4v) is 1.86. The van der Waals surface area contributed by atoms with Gasteiger partial charge in [-0.15, -0.1) is 0 Å².